The number of likely N-dealkylation sites (tertiary alicyclic amines) is 1. The summed E-state index contributed by atoms with van der Waals surface area (Å²) < 4.78 is 95.5. The van der Waals surface area contributed by atoms with E-state index in [1.165, 1.54) is 34.2 Å². The molecule has 220 valence electrons. The SMILES string of the molecule is CC(C)(C)OC(=O)N1CC(Cc2nnc([C@]34CN(c5ccc(C(F)(F)F)c6ncccc56)C[C@@]3(C(F)(F)F)C4)o2)C1. The van der Waals surface area contributed by atoms with Crippen LogP contribution in [-0.2, 0) is 22.7 Å². The van der Waals surface area contributed by atoms with Gasteiger partial charge in [0.25, 0.3) is 0 Å². The molecule has 14 heteroatoms. The molecule has 3 aromatic rings. The normalized spacial score (nSPS) is 24.9. The molecule has 6 rings (SSSR count). The maximum Gasteiger partial charge on any atom is 0.418 e. The number of rotatable bonds is 4. The number of carbonyl (C=O) groups is 1. The van der Waals surface area contributed by atoms with Crippen LogP contribution in [0.4, 0.5) is 36.8 Å². The van der Waals surface area contributed by atoms with Crippen molar-refractivity contribution >= 4 is 22.7 Å². The summed E-state index contributed by atoms with van der Waals surface area (Å²) in [5.74, 6) is 0.0322. The van der Waals surface area contributed by atoms with E-state index in [4.69, 9.17) is 9.15 Å². The van der Waals surface area contributed by atoms with Gasteiger partial charge in [0.1, 0.15) is 11.0 Å². The highest BCUT2D eigenvalue weighted by molar-refractivity contribution is 5.94. The molecule has 1 aliphatic carbocycles. The quantitative estimate of drug-likeness (QED) is 0.362. The number of hydrogen-bond acceptors (Lipinski definition) is 7. The summed E-state index contributed by atoms with van der Waals surface area (Å²) in [7, 11) is 0. The van der Waals surface area contributed by atoms with E-state index in [2.05, 4.69) is 15.2 Å². The van der Waals surface area contributed by atoms with Crippen LogP contribution in [0, 0.1) is 11.3 Å². The number of halogens is 6. The Morgan fingerprint density at radius 2 is 1.80 bits per heavy atom. The number of fused-ring (bicyclic) bond motifs is 2. The average molecular weight is 584 g/mol. The molecule has 2 aliphatic heterocycles. The summed E-state index contributed by atoms with van der Waals surface area (Å²) in [4.78, 5) is 19.0. The van der Waals surface area contributed by atoms with Gasteiger partial charge in [-0.3, -0.25) is 4.98 Å². The number of piperidine rings is 1. The van der Waals surface area contributed by atoms with Gasteiger partial charge in [0.15, 0.2) is 0 Å². The lowest BCUT2D eigenvalue weighted by Gasteiger charge is -2.39. The number of amides is 1. The zero-order valence-electron chi connectivity index (χ0n) is 22.4. The number of carbonyl (C=O) groups excluding carboxylic acids is 1. The van der Waals surface area contributed by atoms with Gasteiger partial charge in [-0.25, -0.2) is 4.79 Å². The summed E-state index contributed by atoms with van der Waals surface area (Å²) >= 11 is 0. The number of anilines is 1. The minimum absolute atomic E-state index is 0.00835. The Kier molecular flexibility index (Phi) is 5.86. The van der Waals surface area contributed by atoms with Gasteiger partial charge in [-0.2, -0.15) is 26.3 Å². The minimum Gasteiger partial charge on any atom is -0.444 e. The first-order valence-corrected chi connectivity index (χ1v) is 13.1. The van der Waals surface area contributed by atoms with Gasteiger partial charge >= 0.3 is 18.4 Å². The van der Waals surface area contributed by atoms with Crippen LogP contribution in [-0.4, -0.2) is 64.1 Å². The molecule has 3 fully saturated rings. The zero-order chi connectivity index (χ0) is 29.6. The number of alkyl halides is 6. The van der Waals surface area contributed by atoms with E-state index < -0.39 is 47.0 Å². The van der Waals surface area contributed by atoms with Crippen LogP contribution in [0.5, 0.6) is 0 Å². The van der Waals surface area contributed by atoms with Crippen LogP contribution in [0.25, 0.3) is 10.9 Å². The molecule has 0 spiro atoms. The summed E-state index contributed by atoms with van der Waals surface area (Å²) in [6.45, 7) is 5.47. The van der Waals surface area contributed by atoms with Gasteiger partial charge in [-0.15, -0.1) is 10.2 Å². The van der Waals surface area contributed by atoms with Gasteiger partial charge < -0.3 is 19.0 Å². The van der Waals surface area contributed by atoms with Crippen molar-refractivity contribution in [3.63, 3.8) is 0 Å². The first-order valence-electron chi connectivity index (χ1n) is 13.1. The summed E-state index contributed by atoms with van der Waals surface area (Å²) in [6, 6.07) is 4.92. The number of nitrogens with zero attached hydrogens (tertiary/aromatic N) is 5. The molecule has 2 atom stereocenters. The Morgan fingerprint density at radius 3 is 2.46 bits per heavy atom. The Labute approximate surface area is 230 Å². The first kappa shape index (κ1) is 27.6. The van der Waals surface area contributed by atoms with Crippen LogP contribution in [0.15, 0.2) is 34.9 Å². The predicted octanol–water partition coefficient (Wildman–Crippen LogP) is 5.76. The predicted molar refractivity (Wildman–Crippen MR) is 133 cm³/mol. The number of pyridine rings is 1. The third-order valence-electron chi connectivity index (χ3n) is 8.20. The number of benzene rings is 1. The maximum atomic E-state index is 14.5. The lowest BCUT2D eigenvalue weighted by atomic mass is 9.95. The fourth-order valence-electron chi connectivity index (χ4n) is 6.19. The molecule has 0 bridgehead atoms. The number of hydrogen-bond donors (Lipinski definition) is 0. The second-order valence-corrected chi connectivity index (χ2v) is 12.2. The van der Waals surface area contributed by atoms with Crippen molar-refractivity contribution in [3.8, 4) is 0 Å². The second kappa shape index (κ2) is 8.71. The van der Waals surface area contributed by atoms with Gasteiger partial charge in [-0.1, -0.05) is 0 Å². The van der Waals surface area contributed by atoms with Crippen molar-refractivity contribution in [2.45, 2.75) is 57.0 Å². The van der Waals surface area contributed by atoms with Gasteiger partial charge in [0.2, 0.25) is 11.8 Å². The van der Waals surface area contributed by atoms with E-state index in [1.807, 2.05) is 0 Å². The molecule has 1 amide bonds. The van der Waals surface area contributed by atoms with E-state index in [1.54, 1.807) is 20.8 Å². The highest BCUT2D eigenvalue weighted by Crippen LogP contribution is 2.75. The molecule has 4 heterocycles. The number of ether oxygens (including phenoxy) is 1. The lowest BCUT2D eigenvalue weighted by Crippen LogP contribution is -2.52. The van der Waals surface area contributed by atoms with Crippen molar-refractivity contribution < 1.29 is 40.3 Å². The Balaban J connectivity index is 1.23. The topological polar surface area (TPSA) is 84.6 Å². The largest absolute Gasteiger partial charge is 0.444 e. The van der Waals surface area contributed by atoms with Crippen LogP contribution in [0.2, 0.25) is 0 Å². The van der Waals surface area contributed by atoms with Gasteiger partial charge in [0.05, 0.1) is 16.5 Å². The fourth-order valence-corrected chi connectivity index (χ4v) is 6.19. The van der Waals surface area contributed by atoms with E-state index in [0.717, 1.165) is 6.07 Å². The molecule has 2 aromatic heterocycles. The molecule has 41 heavy (non-hydrogen) atoms. The van der Waals surface area contributed by atoms with Crippen molar-refractivity contribution in [3.05, 3.63) is 47.8 Å². The zero-order valence-corrected chi connectivity index (χ0v) is 22.4. The van der Waals surface area contributed by atoms with Crippen molar-refractivity contribution in [1.82, 2.24) is 20.1 Å². The highest BCUT2D eigenvalue weighted by atomic mass is 19.4. The lowest BCUT2D eigenvalue weighted by molar-refractivity contribution is -0.187. The minimum atomic E-state index is -4.67. The molecule has 0 unspecified atom stereocenters. The molecule has 8 nitrogen and oxygen atoms in total. The Hall–Kier alpha value is -3.58. The van der Waals surface area contributed by atoms with Gasteiger partial charge in [-0.05, 0) is 51.5 Å². The fraction of sp³-hybridized carbons (Fsp3) is 0.556. The van der Waals surface area contributed by atoms with Crippen LogP contribution in [0.1, 0.15) is 44.5 Å². The third kappa shape index (κ3) is 4.45. The molecule has 2 saturated heterocycles. The van der Waals surface area contributed by atoms with Crippen LogP contribution in [0.3, 0.4) is 0 Å². The molecular formula is C27H27F6N5O3. The second-order valence-electron chi connectivity index (χ2n) is 12.2. The van der Waals surface area contributed by atoms with Crippen molar-refractivity contribution in [1.29, 1.82) is 0 Å². The Morgan fingerprint density at radius 1 is 1.07 bits per heavy atom. The van der Waals surface area contributed by atoms with E-state index in [9.17, 15) is 31.1 Å². The smallest absolute Gasteiger partial charge is 0.418 e. The molecule has 1 aromatic carbocycles. The van der Waals surface area contributed by atoms with Crippen molar-refractivity contribution in [2.75, 3.05) is 31.1 Å². The standard InChI is InChI=1S/C27H27F6N5O3/c1-23(2,3)41-22(39)37-10-15(11-37)9-19-35-36-21(40-19)24-12-25(24,27(31,32)33)14-38(13-24)18-7-6-17(26(28,29)30)20-16(18)5-4-8-34-20/h4-8,15H,9-14H2,1-3H3/t24-,25-/m0/s1. The van der Waals surface area contributed by atoms with Crippen molar-refractivity contribution in [2.24, 2.45) is 11.3 Å². The van der Waals surface area contributed by atoms with E-state index >= 15 is 0 Å². The monoisotopic (exact) mass is 583 g/mol. The number of aromatic nitrogens is 3. The molecular weight excluding hydrogens is 556 g/mol. The average Bonchev–Trinajstić information content (AvgIpc) is 3.12. The third-order valence-corrected chi connectivity index (χ3v) is 8.20. The van der Waals surface area contributed by atoms with Gasteiger partial charge in [0, 0.05) is 55.8 Å². The molecule has 3 aliphatic rings. The van der Waals surface area contributed by atoms with E-state index in [0.29, 0.717) is 19.5 Å². The maximum absolute atomic E-state index is 14.5. The summed E-state index contributed by atoms with van der Waals surface area (Å²) in [5.41, 5.74) is -5.37. The highest BCUT2D eigenvalue weighted by Gasteiger charge is 2.86. The summed E-state index contributed by atoms with van der Waals surface area (Å²) in [6.07, 6.45) is -8.47. The molecule has 1 saturated carbocycles. The molecule has 0 radical (unpaired) electrons. The van der Waals surface area contributed by atoms with Crippen LogP contribution >= 0.6 is 0 Å². The molecule has 0 N–H and O–H groups in total. The van der Waals surface area contributed by atoms with Crippen LogP contribution < -0.4 is 4.90 Å². The van der Waals surface area contributed by atoms with E-state index in [-0.39, 0.29) is 47.3 Å². The summed E-state index contributed by atoms with van der Waals surface area (Å²) in [5, 5.41) is 8.14. The first-order chi connectivity index (χ1) is 19.0. The Bertz CT molecular complexity index is 1510.